The second-order valence-electron chi connectivity index (χ2n) is 7.69. The van der Waals surface area contributed by atoms with E-state index in [2.05, 4.69) is 19.6 Å². The van der Waals surface area contributed by atoms with Gasteiger partial charge in [-0.05, 0) is 36.1 Å². The van der Waals surface area contributed by atoms with Crippen LogP contribution in [0.25, 0.3) is 11.1 Å². The summed E-state index contributed by atoms with van der Waals surface area (Å²) in [4.78, 5) is 19.3. The molecule has 3 aromatic rings. The summed E-state index contributed by atoms with van der Waals surface area (Å²) in [7, 11) is -3.13. The van der Waals surface area contributed by atoms with Crippen molar-refractivity contribution < 1.29 is 32.7 Å². The Labute approximate surface area is 194 Å². The topological polar surface area (TPSA) is 126 Å². The van der Waals surface area contributed by atoms with Crippen molar-refractivity contribution in [2.24, 2.45) is 4.36 Å². The number of anilines is 2. The number of amides is 1. The molecule has 1 aromatic carbocycles. The van der Waals surface area contributed by atoms with Crippen molar-refractivity contribution in [2.45, 2.75) is 12.2 Å². The summed E-state index contributed by atoms with van der Waals surface area (Å²) in [6.07, 6.45) is 1.39. The average Bonchev–Trinajstić information content (AvgIpc) is 2.73. The van der Waals surface area contributed by atoms with Crippen LogP contribution < -0.4 is 14.8 Å². The number of benzene rings is 1. The minimum absolute atomic E-state index is 0.0169. The van der Waals surface area contributed by atoms with Gasteiger partial charge in [-0.2, -0.15) is 9.35 Å². The maximum Gasteiger partial charge on any atom is 0.437 e. The van der Waals surface area contributed by atoms with Crippen LogP contribution in [-0.2, 0) is 15.9 Å². The van der Waals surface area contributed by atoms with Crippen molar-refractivity contribution in [3.8, 4) is 22.8 Å². The van der Waals surface area contributed by atoms with Gasteiger partial charge in [-0.3, -0.25) is 0 Å². The molecule has 1 aliphatic rings. The zero-order valence-electron chi connectivity index (χ0n) is 18.0. The van der Waals surface area contributed by atoms with E-state index in [1.165, 1.54) is 30.5 Å². The lowest BCUT2D eigenvalue weighted by atomic mass is 10.0. The van der Waals surface area contributed by atoms with Crippen LogP contribution in [0.5, 0.6) is 11.6 Å². The molecule has 0 atom stereocenters. The van der Waals surface area contributed by atoms with Crippen LogP contribution in [0.2, 0.25) is 0 Å². The van der Waals surface area contributed by atoms with Crippen molar-refractivity contribution >= 4 is 27.8 Å². The molecule has 4 bridgehead atoms. The number of thiol groups is 1. The highest BCUT2D eigenvalue weighted by Gasteiger charge is 2.16. The highest BCUT2D eigenvalue weighted by Crippen LogP contribution is 2.34. The van der Waals surface area contributed by atoms with E-state index in [0.717, 1.165) is 6.20 Å². The lowest BCUT2D eigenvalue weighted by molar-refractivity contribution is 0.206. The molecule has 1 amide bonds. The van der Waals surface area contributed by atoms with Crippen LogP contribution in [0.15, 0.2) is 47.0 Å². The number of hydrogen-bond acceptors (Lipinski definition) is 6. The van der Waals surface area contributed by atoms with Crippen LogP contribution in [0.1, 0.15) is 12.0 Å². The van der Waals surface area contributed by atoms with Crippen LogP contribution in [0.4, 0.5) is 25.2 Å². The Morgan fingerprint density at radius 3 is 2.74 bits per heavy atom. The number of nitrogens with zero attached hydrogens (tertiary/aromatic N) is 3. The molecule has 0 saturated carbocycles. The first-order valence-electron chi connectivity index (χ1n) is 10.2. The zero-order chi connectivity index (χ0) is 24.3. The Balaban J connectivity index is 1.76. The number of pyridine rings is 2. The van der Waals surface area contributed by atoms with Crippen molar-refractivity contribution in [3.63, 3.8) is 0 Å². The number of fused-ring (bicyclic) bond motifs is 6. The molecule has 4 rings (SSSR count). The lowest BCUT2D eigenvalue weighted by Gasteiger charge is -2.19. The molecule has 0 spiro atoms. The van der Waals surface area contributed by atoms with Crippen LogP contribution in [0.3, 0.4) is 0 Å². The molecule has 0 fully saturated rings. The van der Waals surface area contributed by atoms with Crippen LogP contribution in [0, 0.1) is 11.6 Å². The molecule has 0 saturated heterocycles. The molecular formula is C22H22F2N4O5S. The summed E-state index contributed by atoms with van der Waals surface area (Å²) in [5.41, 5.74) is 1.06. The second kappa shape index (κ2) is 9.69. The molecule has 9 nitrogen and oxygen atoms in total. The highest BCUT2D eigenvalue weighted by atomic mass is 32.3. The third-order valence-electron chi connectivity index (χ3n) is 4.79. The number of aromatic nitrogens is 2. The standard InChI is InChI=1S/C22H22F2N4O5S/c1-34(31,28-22(29)30)12-13-7-20-26-19-10-16(17(24)11-25-19)15-4-3-14(23)9-18(15)32-5-2-6-33-21(8-13)27-20/h3-4,7-11,34H,2,5-6,12H2,1H3,(H,28,31)(H,29,30)(H,25,26,27). The van der Waals surface area contributed by atoms with Crippen LogP contribution >= 0.6 is 0 Å². The molecule has 1 aliphatic heterocycles. The maximum absolute atomic E-state index is 14.7. The first-order valence-corrected chi connectivity index (χ1v) is 12.5. The highest BCUT2D eigenvalue weighted by molar-refractivity contribution is 7.98. The Bertz CT molecular complexity index is 1300. The summed E-state index contributed by atoms with van der Waals surface area (Å²) in [5, 5.41) is 11.9. The fraction of sp³-hybridized carbons (Fsp3) is 0.227. The van der Waals surface area contributed by atoms with Gasteiger partial charge in [0.05, 0.1) is 19.4 Å². The monoisotopic (exact) mass is 492 g/mol. The number of hydrogen-bond donors (Lipinski definition) is 4. The molecule has 0 radical (unpaired) electrons. The number of nitrogens with one attached hydrogen (secondary N) is 1. The van der Waals surface area contributed by atoms with E-state index in [4.69, 9.17) is 14.6 Å². The quantitative estimate of drug-likeness (QED) is 0.380. The van der Waals surface area contributed by atoms with Gasteiger partial charge in [-0.1, -0.05) is 10.1 Å². The number of rotatable bonds is 2. The Morgan fingerprint density at radius 1 is 1.15 bits per heavy atom. The largest absolute Gasteiger partial charge is 0.493 e. The second-order valence-corrected chi connectivity index (χ2v) is 10.4. The van der Waals surface area contributed by atoms with Crippen LogP contribution in [-0.4, -0.2) is 45.2 Å². The summed E-state index contributed by atoms with van der Waals surface area (Å²) < 4.78 is 53.7. The SMILES string of the molecule is C[SH](O)(Cc1cc2nc(c1)OCCCOc1cc(F)ccc1-c1cc(ncc1F)N2)=NC(=O)O. The molecule has 3 N–H and O–H groups in total. The molecular weight excluding hydrogens is 470 g/mol. The lowest BCUT2D eigenvalue weighted by Crippen LogP contribution is -2.14. The van der Waals surface area contributed by atoms with E-state index < -0.39 is 27.8 Å². The van der Waals surface area contributed by atoms with E-state index in [-0.39, 0.29) is 42.0 Å². The third kappa shape index (κ3) is 5.83. The summed E-state index contributed by atoms with van der Waals surface area (Å²) in [6, 6.07) is 8.47. The van der Waals surface area contributed by atoms with Gasteiger partial charge in [0.2, 0.25) is 5.88 Å². The molecule has 0 unspecified atom stereocenters. The summed E-state index contributed by atoms with van der Waals surface area (Å²) >= 11 is 0. The van der Waals surface area contributed by atoms with Gasteiger partial charge in [-0.25, -0.2) is 18.6 Å². The zero-order valence-corrected chi connectivity index (χ0v) is 18.9. The van der Waals surface area contributed by atoms with Crippen molar-refractivity contribution in [2.75, 3.05) is 24.8 Å². The normalized spacial score (nSPS) is 13.9. The molecule has 180 valence electrons. The molecule has 34 heavy (non-hydrogen) atoms. The van der Waals surface area contributed by atoms with E-state index in [9.17, 15) is 18.1 Å². The van der Waals surface area contributed by atoms with Gasteiger partial charge in [0, 0.05) is 35.4 Å². The van der Waals surface area contributed by atoms with E-state index in [0.29, 0.717) is 23.4 Å². The van der Waals surface area contributed by atoms with Gasteiger partial charge in [-0.15, -0.1) is 0 Å². The molecule has 3 heterocycles. The third-order valence-corrected chi connectivity index (χ3v) is 6.35. The smallest absolute Gasteiger partial charge is 0.437 e. The maximum atomic E-state index is 14.7. The number of carboxylic acid groups (broad SMARTS) is 1. The number of ether oxygens (including phenoxy) is 2. The Kier molecular flexibility index (Phi) is 6.70. The van der Waals surface area contributed by atoms with Gasteiger partial charge < -0.3 is 24.4 Å². The molecule has 0 aliphatic carbocycles. The van der Waals surface area contributed by atoms with Crippen molar-refractivity contribution in [1.82, 2.24) is 9.97 Å². The summed E-state index contributed by atoms with van der Waals surface area (Å²) in [5.74, 6) is -0.185. The van der Waals surface area contributed by atoms with E-state index in [1.807, 2.05) is 0 Å². The van der Waals surface area contributed by atoms with Gasteiger partial charge >= 0.3 is 6.09 Å². The predicted octanol–water partition coefficient (Wildman–Crippen LogP) is 4.68. The first kappa shape index (κ1) is 23.5. The Morgan fingerprint density at radius 2 is 1.94 bits per heavy atom. The minimum Gasteiger partial charge on any atom is -0.493 e. The van der Waals surface area contributed by atoms with Crippen molar-refractivity contribution in [1.29, 1.82) is 0 Å². The first-order chi connectivity index (χ1) is 16.2. The van der Waals surface area contributed by atoms with Gasteiger partial charge in [0.25, 0.3) is 0 Å². The van der Waals surface area contributed by atoms with E-state index >= 15 is 0 Å². The average molecular weight is 493 g/mol. The van der Waals surface area contributed by atoms with E-state index in [1.54, 1.807) is 12.1 Å². The molecule has 12 heteroatoms. The fourth-order valence-corrected chi connectivity index (χ4v) is 4.77. The predicted molar refractivity (Wildman–Crippen MR) is 124 cm³/mol. The number of halogens is 2. The van der Waals surface area contributed by atoms with Crippen molar-refractivity contribution in [3.05, 3.63) is 59.8 Å². The van der Waals surface area contributed by atoms with Gasteiger partial charge in [0.15, 0.2) is 0 Å². The summed E-state index contributed by atoms with van der Waals surface area (Å²) in [6.45, 7) is 0.391. The number of carbonyl (C=O) groups is 1. The molecule has 2 aromatic heterocycles. The van der Waals surface area contributed by atoms with Gasteiger partial charge in [0.1, 0.15) is 29.0 Å². The minimum atomic E-state index is -3.13. The Hall–Kier alpha value is -3.64. The fourth-order valence-electron chi connectivity index (χ4n) is 3.45.